The van der Waals surface area contributed by atoms with Crippen LogP contribution in [0.5, 0.6) is 0 Å². The van der Waals surface area contributed by atoms with Crippen molar-refractivity contribution in [1.29, 1.82) is 0 Å². The van der Waals surface area contributed by atoms with Crippen molar-refractivity contribution in [2.45, 2.75) is 158 Å². The lowest BCUT2D eigenvalue weighted by molar-refractivity contribution is -0.929. The van der Waals surface area contributed by atoms with Crippen LogP contribution in [0.4, 0.5) is 0 Å². The normalized spacial score (nSPS) is 11.3. The summed E-state index contributed by atoms with van der Waals surface area (Å²) >= 11 is 0. The monoisotopic (exact) mass is 630 g/mol. The van der Waals surface area contributed by atoms with Crippen LogP contribution in [0.1, 0.15) is 158 Å². The van der Waals surface area contributed by atoms with Gasteiger partial charge in [-0.2, -0.15) is 0 Å². The number of nitrogens with zero attached hydrogens (tertiary/aromatic N) is 2. The Kier molecular flexibility index (Phi) is 38.5. The van der Waals surface area contributed by atoms with Gasteiger partial charge in [0.25, 0.3) is 0 Å². The van der Waals surface area contributed by atoms with Gasteiger partial charge in [-0.15, -0.1) is 0 Å². The van der Waals surface area contributed by atoms with E-state index in [4.69, 9.17) is 0 Å². The molecule has 0 saturated carbocycles. The van der Waals surface area contributed by atoms with Gasteiger partial charge in [-0.1, -0.05) is 107 Å². The fourth-order valence-electron chi connectivity index (χ4n) is 5.29. The van der Waals surface area contributed by atoms with E-state index in [2.05, 4.69) is 55.4 Å². The topological polar surface area (TPSA) is 0 Å². The number of hydrogen-bond acceptors (Lipinski definition) is 0. The van der Waals surface area contributed by atoms with Crippen molar-refractivity contribution in [3.63, 3.8) is 0 Å². The lowest BCUT2D eigenvalue weighted by atomic mass is 10.1. The summed E-state index contributed by atoms with van der Waals surface area (Å²) in [7, 11) is 0. The van der Waals surface area contributed by atoms with Crippen LogP contribution in [0.3, 0.4) is 0 Å². The number of unbranched alkanes of at least 4 members (excludes halogenated alkanes) is 8. The zero-order valence-electron chi connectivity index (χ0n) is 26.6. The SMILES string of the molecule is CCCC[N+](CCCC)(CCCC)CCCC.CCCC[N+](CCCC)(CCCC)CCCC.[F-].[I-]. The van der Waals surface area contributed by atoms with Crippen molar-refractivity contribution >= 4 is 0 Å². The second-order valence-electron chi connectivity index (χ2n) is 11.3. The molecule has 0 aromatic rings. The van der Waals surface area contributed by atoms with Crippen LogP contribution in [0, 0.1) is 0 Å². The molecule has 4 heteroatoms. The molecule has 0 aliphatic heterocycles. The van der Waals surface area contributed by atoms with E-state index in [1.165, 1.54) is 164 Å². The van der Waals surface area contributed by atoms with Crippen LogP contribution >= 0.6 is 0 Å². The standard InChI is InChI=1S/2C16H36N.FH.HI/c2*1-5-9-13-17(14-10-6-2,15-11-7-3)16-12-8-4;;/h2*5-16H2,1-4H3;2*1H/q2*+1;;/p-2. The molecule has 0 saturated heterocycles. The highest BCUT2D eigenvalue weighted by molar-refractivity contribution is 4.50. The first-order chi connectivity index (χ1) is 16.5. The summed E-state index contributed by atoms with van der Waals surface area (Å²) in [5, 5.41) is 0. The third-order valence-electron chi connectivity index (χ3n) is 7.89. The van der Waals surface area contributed by atoms with E-state index in [-0.39, 0.29) is 28.7 Å². The molecule has 0 radical (unpaired) electrons. The Balaban J connectivity index is -0.000000269. The predicted molar refractivity (Wildman–Crippen MR) is 159 cm³/mol. The molecule has 0 rings (SSSR count). The van der Waals surface area contributed by atoms with Gasteiger partial charge < -0.3 is 37.6 Å². The van der Waals surface area contributed by atoms with Gasteiger partial charge >= 0.3 is 0 Å². The third kappa shape index (κ3) is 23.7. The Bertz CT molecular complexity index is 281. The molecule has 36 heavy (non-hydrogen) atoms. The number of hydrogen-bond donors (Lipinski definition) is 0. The Hall–Kier alpha value is 0.580. The minimum atomic E-state index is 0. The molecular formula is C32H72FIN2. The average Bonchev–Trinajstić information content (AvgIpc) is 2.87. The summed E-state index contributed by atoms with van der Waals surface area (Å²) in [5.41, 5.74) is 0. The quantitative estimate of drug-likeness (QED) is 0.112. The molecule has 0 heterocycles. The van der Waals surface area contributed by atoms with Crippen molar-refractivity contribution in [2.24, 2.45) is 0 Å². The molecule has 2 nitrogen and oxygen atoms in total. The van der Waals surface area contributed by atoms with Crippen LogP contribution in [-0.4, -0.2) is 61.3 Å². The summed E-state index contributed by atoms with van der Waals surface area (Å²) < 4.78 is 2.84. The van der Waals surface area contributed by atoms with E-state index in [0.717, 1.165) is 0 Å². The van der Waals surface area contributed by atoms with Gasteiger partial charge in [-0.25, -0.2) is 0 Å². The minimum absolute atomic E-state index is 0. The molecule has 0 fully saturated rings. The summed E-state index contributed by atoms with van der Waals surface area (Å²) in [6, 6.07) is 0. The maximum absolute atomic E-state index is 2.33. The van der Waals surface area contributed by atoms with Crippen molar-refractivity contribution in [2.75, 3.05) is 52.4 Å². The molecule has 0 unspecified atom stereocenters. The molecule has 0 amide bonds. The molecule has 0 spiro atoms. The first-order valence-corrected chi connectivity index (χ1v) is 16.2. The highest BCUT2D eigenvalue weighted by Crippen LogP contribution is 2.17. The van der Waals surface area contributed by atoms with E-state index in [1.807, 2.05) is 0 Å². The summed E-state index contributed by atoms with van der Waals surface area (Å²) in [5.74, 6) is 0. The van der Waals surface area contributed by atoms with Gasteiger partial charge in [0.05, 0.1) is 52.4 Å². The maximum Gasteiger partial charge on any atom is 0.0786 e. The van der Waals surface area contributed by atoms with Gasteiger partial charge in [0.15, 0.2) is 0 Å². The first kappa shape index (κ1) is 43.6. The van der Waals surface area contributed by atoms with Crippen LogP contribution in [0.2, 0.25) is 0 Å². The third-order valence-corrected chi connectivity index (χ3v) is 7.89. The second-order valence-corrected chi connectivity index (χ2v) is 11.3. The van der Waals surface area contributed by atoms with Crippen LogP contribution in [0.15, 0.2) is 0 Å². The highest BCUT2D eigenvalue weighted by Gasteiger charge is 2.25. The molecule has 0 aromatic heterocycles. The highest BCUT2D eigenvalue weighted by atomic mass is 127. The second kappa shape index (κ2) is 31.8. The average molecular weight is 631 g/mol. The Morgan fingerprint density at radius 2 is 0.389 bits per heavy atom. The summed E-state index contributed by atoms with van der Waals surface area (Å²) in [4.78, 5) is 0. The molecule has 0 N–H and O–H groups in total. The van der Waals surface area contributed by atoms with E-state index < -0.39 is 0 Å². The smallest absolute Gasteiger partial charge is 0.0786 e. The van der Waals surface area contributed by atoms with Gasteiger partial charge in [-0.05, 0) is 51.4 Å². The fourth-order valence-corrected chi connectivity index (χ4v) is 5.29. The Labute approximate surface area is 247 Å². The van der Waals surface area contributed by atoms with Crippen molar-refractivity contribution < 1.29 is 37.6 Å². The maximum atomic E-state index is 2.33. The lowest BCUT2D eigenvalue weighted by Gasteiger charge is -2.39. The van der Waals surface area contributed by atoms with E-state index >= 15 is 0 Å². The molecule has 0 aliphatic rings. The van der Waals surface area contributed by atoms with Crippen LogP contribution < -0.4 is 28.7 Å². The number of quaternary nitrogens is 2. The molecule has 0 atom stereocenters. The van der Waals surface area contributed by atoms with Crippen molar-refractivity contribution in [3.05, 3.63) is 0 Å². The molecule has 0 aliphatic carbocycles. The first-order valence-electron chi connectivity index (χ1n) is 16.2. The number of rotatable bonds is 24. The van der Waals surface area contributed by atoms with E-state index in [0.29, 0.717) is 0 Å². The molecule has 0 bridgehead atoms. The van der Waals surface area contributed by atoms with Gasteiger partial charge in [0, 0.05) is 0 Å². The molecule has 0 aromatic carbocycles. The molecular weight excluding hydrogens is 558 g/mol. The van der Waals surface area contributed by atoms with Crippen LogP contribution in [0.25, 0.3) is 0 Å². The Morgan fingerprint density at radius 3 is 0.472 bits per heavy atom. The molecule has 224 valence electrons. The van der Waals surface area contributed by atoms with Gasteiger partial charge in [0.2, 0.25) is 0 Å². The zero-order chi connectivity index (χ0) is 26.0. The predicted octanol–water partition coefficient (Wildman–Crippen LogP) is 4.02. The van der Waals surface area contributed by atoms with Crippen molar-refractivity contribution in [3.8, 4) is 0 Å². The fraction of sp³-hybridized carbons (Fsp3) is 1.00. The van der Waals surface area contributed by atoms with Gasteiger partial charge in [0.1, 0.15) is 0 Å². The van der Waals surface area contributed by atoms with Gasteiger partial charge in [-0.3, -0.25) is 0 Å². The summed E-state index contributed by atoms with van der Waals surface area (Å²) in [6.45, 7) is 30.0. The number of halogens is 2. The largest absolute Gasteiger partial charge is 1.00 e. The van der Waals surface area contributed by atoms with E-state index in [1.54, 1.807) is 0 Å². The summed E-state index contributed by atoms with van der Waals surface area (Å²) in [6.07, 6.45) is 22.1. The zero-order valence-corrected chi connectivity index (χ0v) is 28.8. The Morgan fingerprint density at radius 1 is 0.278 bits per heavy atom. The van der Waals surface area contributed by atoms with E-state index in [9.17, 15) is 0 Å². The minimum Gasteiger partial charge on any atom is -1.00 e. The lowest BCUT2D eigenvalue weighted by Crippen LogP contribution is -3.00. The van der Waals surface area contributed by atoms with Crippen molar-refractivity contribution in [1.82, 2.24) is 0 Å². The van der Waals surface area contributed by atoms with Crippen LogP contribution in [-0.2, 0) is 0 Å².